The lowest BCUT2D eigenvalue weighted by molar-refractivity contribution is -0.136. The normalized spacial score (nSPS) is 23.4. The van der Waals surface area contributed by atoms with Crippen LogP contribution in [0.1, 0.15) is 49.1 Å². The van der Waals surface area contributed by atoms with E-state index in [-0.39, 0.29) is 5.92 Å². The molecule has 1 aromatic rings. The van der Waals surface area contributed by atoms with E-state index in [4.69, 9.17) is 0 Å². The third-order valence-electron chi connectivity index (χ3n) is 4.46. The molecule has 0 amide bonds. The second kappa shape index (κ2) is 4.73. The van der Waals surface area contributed by atoms with Crippen LogP contribution in [0.3, 0.4) is 0 Å². The number of hydrogen-bond donors (Lipinski definition) is 1. The first-order chi connectivity index (χ1) is 9.05. The fourth-order valence-electron chi connectivity index (χ4n) is 3.54. The van der Waals surface area contributed by atoms with Crippen LogP contribution in [0.4, 0.5) is 18.9 Å². The molecular formula is C15H18F3N. The second-order valence-corrected chi connectivity index (χ2v) is 5.73. The molecule has 1 heterocycles. The second-order valence-electron chi connectivity index (χ2n) is 5.73. The maximum atomic E-state index is 12.9. The maximum Gasteiger partial charge on any atom is 0.418 e. The number of rotatable bonds is 2. The van der Waals surface area contributed by atoms with Crippen LogP contribution >= 0.6 is 0 Å². The molecule has 1 aliphatic heterocycles. The van der Waals surface area contributed by atoms with Crippen LogP contribution < -0.4 is 5.32 Å². The molecule has 0 spiro atoms. The Balaban J connectivity index is 1.84. The molecule has 19 heavy (non-hydrogen) atoms. The summed E-state index contributed by atoms with van der Waals surface area (Å²) in [5, 5.41) is 2.98. The van der Waals surface area contributed by atoms with E-state index in [0.29, 0.717) is 18.2 Å². The van der Waals surface area contributed by atoms with Gasteiger partial charge in [0.15, 0.2) is 0 Å². The number of fused-ring (bicyclic) bond motifs is 1. The monoisotopic (exact) mass is 269 g/mol. The SMILES string of the molecule is FC(F)(F)c1cccc2c1NCC2CC1CCCC1. The first-order valence-electron chi connectivity index (χ1n) is 6.99. The topological polar surface area (TPSA) is 12.0 Å². The number of hydrogen-bond acceptors (Lipinski definition) is 1. The first-order valence-corrected chi connectivity index (χ1v) is 6.99. The summed E-state index contributed by atoms with van der Waals surface area (Å²) in [6.07, 6.45) is 1.80. The molecule has 104 valence electrons. The van der Waals surface area contributed by atoms with E-state index in [0.717, 1.165) is 12.0 Å². The molecule has 1 fully saturated rings. The van der Waals surface area contributed by atoms with Gasteiger partial charge in [0.2, 0.25) is 0 Å². The standard InChI is InChI=1S/C15H18F3N/c16-15(17,18)13-7-3-6-12-11(9-19-14(12)13)8-10-4-1-2-5-10/h3,6-7,10-11,19H,1-2,4-5,8-9H2. The summed E-state index contributed by atoms with van der Waals surface area (Å²) in [5.41, 5.74) is 0.665. The van der Waals surface area contributed by atoms with Crippen LogP contribution in [0.15, 0.2) is 18.2 Å². The van der Waals surface area contributed by atoms with E-state index in [1.165, 1.54) is 37.8 Å². The molecule has 1 N–H and O–H groups in total. The fourth-order valence-corrected chi connectivity index (χ4v) is 3.54. The molecule has 0 aromatic heterocycles. The Hall–Kier alpha value is -1.19. The van der Waals surface area contributed by atoms with Gasteiger partial charge in [-0.3, -0.25) is 0 Å². The summed E-state index contributed by atoms with van der Waals surface area (Å²) in [5.74, 6) is 0.952. The van der Waals surface area contributed by atoms with E-state index >= 15 is 0 Å². The molecule has 2 aliphatic rings. The highest BCUT2D eigenvalue weighted by Crippen LogP contribution is 2.45. The molecular weight excluding hydrogens is 251 g/mol. The van der Waals surface area contributed by atoms with E-state index < -0.39 is 11.7 Å². The van der Waals surface area contributed by atoms with Gasteiger partial charge in [0.05, 0.1) is 5.56 Å². The zero-order valence-corrected chi connectivity index (χ0v) is 10.8. The van der Waals surface area contributed by atoms with Crippen molar-refractivity contribution in [2.75, 3.05) is 11.9 Å². The van der Waals surface area contributed by atoms with E-state index in [1.54, 1.807) is 0 Å². The Morgan fingerprint density at radius 3 is 2.58 bits per heavy atom. The van der Waals surface area contributed by atoms with Crippen molar-refractivity contribution < 1.29 is 13.2 Å². The van der Waals surface area contributed by atoms with Gasteiger partial charge in [-0.15, -0.1) is 0 Å². The van der Waals surface area contributed by atoms with Crippen molar-refractivity contribution >= 4 is 5.69 Å². The Kier molecular flexibility index (Phi) is 3.19. The van der Waals surface area contributed by atoms with Crippen molar-refractivity contribution in [2.45, 2.75) is 44.2 Å². The van der Waals surface area contributed by atoms with Gasteiger partial charge >= 0.3 is 6.18 Å². The number of benzene rings is 1. The summed E-state index contributed by atoms with van der Waals surface area (Å²) < 4.78 is 38.8. The largest absolute Gasteiger partial charge is 0.418 e. The summed E-state index contributed by atoms with van der Waals surface area (Å²) in [7, 11) is 0. The third kappa shape index (κ3) is 2.45. The first kappa shape index (κ1) is 12.8. The molecule has 0 saturated heterocycles. The van der Waals surface area contributed by atoms with Gasteiger partial charge in [-0.1, -0.05) is 37.8 Å². The van der Waals surface area contributed by atoms with Crippen molar-refractivity contribution in [3.05, 3.63) is 29.3 Å². The zero-order valence-electron chi connectivity index (χ0n) is 10.8. The summed E-state index contributed by atoms with van der Waals surface area (Å²) in [4.78, 5) is 0. The lowest BCUT2D eigenvalue weighted by Gasteiger charge is -2.16. The summed E-state index contributed by atoms with van der Waals surface area (Å²) >= 11 is 0. The number of nitrogens with one attached hydrogen (secondary N) is 1. The highest BCUT2D eigenvalue weighted by Gasteiger charge is 2.37. The van der Waals surface area contributed by atoms with Gasteiger partial charge < -0.3 is 5.32 Å². The van der Waals surface area contributed by atoms with E-state index in [2.05, 4.69) is 5.32 Å². The van der Waals surface area contributed by atoms with Gasteiger partial charge in [-0.2, -0.15) is 13.2 Å². The average molecular weight is 269 g/mol. The minimum absolute atomic E-state index is 0.250. The fraction of sp³-hybridized carbons (Fsp3) is 0.600. The Morgan fingerprint density at radius 1 is 1.16 bits per heavy atom. The van der Waals surface area contributed by atoms with Gasteiger partial charge in [0.1, 0.15) is 0 Å². The molecule has 1 nitrogen and oxygen atoms in total. The van der Waals surface area contributed by atoms with Crippen molar-refractivity contribution in [1.29, 1.82) is 0 Å². The highest BCUT2D eigenvalue weighted by molar-refractivity contribution is 5.64. The van der Waals surface area contributed by atoms with Crippen LogP contribution in [-0.2, 0) is 6.18 Å². The van der Waals surface area contributed by atoms with Crippen molar-refractivity contribution in [3.63, 3.8) is 0 Å². The predicted molar refractivity (Wildman–Crippen MR) is 69.2 cm³/mol. The number of halogens is 3. The van der Waals surface area contributed by atoms with Gasteiger partial charge in [0, 0.05) is 18.2 Å². The smallest absolute Gasteiger partial charge is 0.384 e. The zero-order chi connectivity index (χ0) is 13.5. The van der Waals surface area contributed by atoms with E-state index in [9.17, 15) is 13.2 Å². The minimum atomic E-state index is -4.26. The van der Waals surface area contributed by atoms with Crippen LogP contribution in [0.25, 0.3) is 0 Å². The maximum absolute atomic E-state index is 12.9. The lowest BCUT2D eigenvalue weighted by atomic mass is 9.88. The molecule has 1 unspecified atom stereocenters. The van der Waals surface area contributed by atoms with E-state index in [1.807, 2.05) is 6.07 Å². The molecule has 0 radical (unpaired) electrons. The Morgan fingerprint density at radius 2 is 1.89 bits per heavy atom. The van der Waals surface area contributed by atoms with Crippen LogP contribution in [0.5, 0.6) is 0 Å². The molecule has 1 aromatic carbocycles. The van der Waals surface area contributed by atoms with Gasteiger partial charge in [0.25, 0.3) is 0 Å². The summed E-state index contributed by atoms with van der Waals surface area (Å²) in [6.45, 7) is 0.652. The Bertz CT molecular complexity index is 461. The van der Waals surface area contributed by atoms with Crippen molar-refractivity contribution in [1.82, 2.24) is 0 Å². The average Bonchev–Trinajstić information content (AvgIpc) is 2.98. The number of anilines is 1. The molecule has 0 bridgehead atoms. The molecule has 4 heteroatoms. The number of para-hydroxylation sites is 1. The predicted octanol–water partition coefficient (Wildman–Crippen LogP) is 4.79. The van der Waals surface area contributed by atoms with Gasteiger partial charge in [-0.25, -0.2) is 0 Å². The van der Waals surface area contributed by atoms with Crippen LogP contribution in [-0.4, -0.2) is 6.54 Å². The minimum Gasteiger partial charge on any atom is -0.384 e. The van der Waals surface area contributed by atoms with Crippen molar-refractivity contribution in [2.24, 2.45) is 5.92 Å². The lowest BCUT2D eigenvalue weighted by Crippen LogP contribution is -2.08. The molecule has 3 rings (SSSR count). The van der Waals surface area contributed by atoms with Crippen LogP contribution in [0, 0.1) is 5.92 Å². The highest BCUT2D eigenvalue weighted by atomic mass is 19.4. The number of alkyl halides is 3. The third-order valence-corrected chi connectivity index (χ3v) is 4.46. The van der Waals surface area contributed by atoms with Gasteiger partial charge in [-0.05, 0) is 24.0 Å². The van der Waals surface area contributed by atoms with Crippen LogP contribution in [0.2, 0.25) is 0 Å². The summed E-state index contributed by atoms with van der Waals surface area (Å²) in [6, 6.07) is 4.56. The molecule has 1 saturated carbocycles. The quantitative estimate of drug-likeness (QED) is 0.813. The molecule has 1 atom stereocenters. The van der Waals surface area contributed by atoms with Crippen molar-refractivity contribution in [3.8, 4) is 0 Å². The Labute approximate surface area is 111 Å². The molecule has 1 aliphatic carbocycles.